The molecule has 0 spiro atoms. The standard InChI is InChI=1S/C13H10BOS/c1-8-6-10-9-4-2-3-5-12(9)16-13(10)11(7-8)14-15/h2-7,15H,1H3. The lowest BCUT2D eigenvalue weighted by Gasteiger charge is -2.00. The Bertz CT molecular complexity index is 672. The van der Waals surface area contributed by atoms with Gasteiger partial charge in [-0.25, -0.2) is 0 Å². The predicted octanol–water partition coefficient (Wildman–Crippen LogP) is 2.60. The highest BCUT2D eigenvalue weighted by Crippen LogP contribution is 2.32. The summed E-state index contributed by atoms with van der Waals surface area (Å²) in [6, 6.07) is 12.6. The minimum Gasteiger partial charge on any atom is -0.450 e. The van der Waals surface area contributed by atoms with E-state index in [0.717, 1.165) is 10.2 Å². The van der Waals surface area contributed by atoms with Gasteiger partial charge in [-0.2, -0.15) is 0 Å². The lowest BCUT2D eigenvalue weighted by atomic mass is 9.86. The van der Waals surface area contributed by atoms with E-state index < -0.39 is 0 Å². The van der Waals surface area contributed by atoms with E-state index in [2.05, 4.69) is 31.2 Å². The molecule has 16 heavy (non-hydrogen) atoms. The third-order valence-corrected chi connectivity index (χ3v) is 4.03. The maximum atomic E-state index is 9.27. The molecule has 0 atom stereocenters. The first-order valence-corrected chi connectivity index (χ1v) is 6.00. The van der Waals surface area contributed by atoms with Crippen LogP contribution in [0.25, 0.3) is 20.2 Å². The second-order valence-electron chi connectivity index (χ2n) is 3.96. The van der Waals surface area contributed by atoms with E-state index in [0.29, 0.717) is 0 Å². The van der Waals surface area contributed by atoms with E-state index in [9.17, 15) is 5.02 Å². The molecule has 2 aromatic carbocycles. The summed E-state index contributed by atoms with van der Waals surface area (Å²) in [5.41, 5.74) is 2.09. The molecule has 0 fully saturated rings. The zero-order valence-electron chi connectivity index (χ0n) is 8.90. The minimum absolute atomic E-state index is 0.913. The molecule has 3 heteroatoms. The van der Waals surface area contributed by atoms with Crippen molar-refractivity contribution in [3.8, 4) is 0 Å². The Kier molecular flexibility index (Phi) is 2.23. The maximum Gasteiger partial charge on any atom is 0.328 e. The average Bonchev–Trinajstić information content (AvgIpc) is 2.67. The third kappa shape index (κ3) is 1.36. The van der Waals surface area contributed by atoms with E-state index in [1.54, 1.807) is 11.3 Å². The first kappa shape index (κ1) is 9.88. The van der Waals surface area contributed by atoms with Gasteiger partial charge < -0.3 is 5.02 Å². The normalized spacial score (nSPS) is 11.1. The van der Waals surface area contributed by atoms with Crippen molar-refractivity contribution in [1.82, 2.24) is 0 Å². The zero-order chi connectivity index (χ0) is 11.1. The van der Waals surface area contributed by atoms with Crippen molar-refractivity contribution < 1.29 is 5.02 Å². The smallest absolute Gasteiger partial charge is 0.328 e. The highest BCUT2D eigenvalue weighted by Gasteiger charge is 2.09. The number of hydrogen-bond donors (Lipinski definition) is 1. The summed E-state index contributed by atoms with van der Waals surface area (Å²) < 4.78 is 2.43. The molecule has 77 valence electrons. The van der Waals surface area contributed by atoms with Gasteiger partial charge in [0.1, 0.15) is 0 Å². The van der Waals surface area contributed by atoms with Crippen LogP contribution in [-0.2, 0) is 0 Å². The van der Waals surface area contributed by atoms with Gasteiger partial charge in [0.25, 0.3) is 0 Å². The van der Waals surface area contributed by atoms with Crippen molar-refractivity contribution in [3.05, 3.63) is 42.0 Å². The molecule has 3 rings (SSSR count). The van der Waals surface area contributed by atoms with Crippen molar-refractivity contribution >= 4 is 44.5 Å². The fourth-order valence-corrected chi connectivity index (χ4v) is 3.26. The van der Waals surface area contributed by atoms with E-state index in [1.807, 2.05) is 12.1 Å². The highest BCUT2D eigenvalue weighted by atomic mass is 32.1. The van der Waals surface area contributed by atoms with Crippen LogP contribution < -0.4 is 5.46 Å². The number of aryl methyl sites for hydroxylation is 1. The summed E-state index contributed by atoms with van der Waals surface area (Å²) in [7, 11) is 1.20. The Labute approximate surface area is 98.6 Å². The molecule has 0 saturated carbocycles. The van der Waals surface area contributed by atoms with Crippen molar-refractivity contribution in [2.45, 2.75) is 6.92 Å². The number of hydrogen-bond acceptors (Lipinski definition) is 2. The molecule has 1 aromatic heterocycles. The highest BCUT2D eigenvalue weighted by molar-refractivity contribution is 7.26. The van der Waals surface area contributed by atoms with Gasteiger partial charge in [0.05, 0.1) is 0 Å². The van der Waals surface area contributed by atoms with Crippen LogP contribution in [0.3, 0.4) is 0 Å². The van der Waals surface area contributed by atoms with Crippen molar-refractivity contribution in [1.29, 1.82) is 0 Å². The largest absolute Gasteiger partial charge is 0.450 e. The molecular weight excluding hydrogens is 215 g/mol. The minimum atomic E-state index is 0.913. The lowest BCUT2D eigenvalue weighted by Crippen LogP contribution is -2.13. The first-order valence-electron chi connectivity index (χ1n) is 5.19. The van der Waals surface area contributed by atoms with Crippen molar-refractivity contribution in [2.75, 3.05) is 0 Å². The summed E-state index contributed by atoms with van der Waals surface area (Å²) in [5, 5.41) is 11.8. The van der Waals surface area contributed by atoms with Gasteiger partial charge in [0.15, 0.2) is 0 Å². The Morgan fingerprint density at radius 3 is 2.75 bits per heavy atom. The summed E-state index contributed by atoms with van der Waals surface area (Å²) in [6.45, 7) is 2.05. The summed E-state index contributed by atoms with van der Waals surface area (Å²) in [6.07, 6.45) is 0. The molecule has 0 aliphatic carbocycles. The molecule has 0 amide bonds. The quantitative estimate of drug-likeness (QED) is 0.631. The Morgan fingerprint density at radius 2 is 1.94 bits per heavy atom. The molecule has 0 bridgehead atoms. The van der Waals surface area contributed by atoms with Gasteiger partial charge in [-0.1, -0.05) is 35.9 Å². The topological polar surface area (TPSA) is 20.2 Å². The Morgan fingerprint density at radius 1 is 1.12 bits per heavy atom. The van der Waals surface area contributed by atoms with Crippen LogP contribution in [0.2, 0.25) is 0 Å². The van der Waals surface area contributed by atoms with E-state index in [-0.39, 0.29) is 0 Å². The molecule has 1 radical (unpaired) electrons. The van der Waals surface area contributed by atoms with Crippen LogP contribution >= 0.6 is 11.3 Å². The predicted molar refractivity (Wildman–Crippen MR) is 71.7 cm³/mol. The second-order valence-corrected chi connectivity index (χ2v) is 5.01. The zero-order valence-corrected chi connectivity index (χ0v) is 9.71. The van der Waals surface area contributed by atoms with Crippen LogP contribution in [0.5, 0.6) is 0 Å². The Hall–Kier alpha value is -1.32. The number of thiophene rings is 1. The molecule has 1 N–H and O–H groups in total. The van der Waals surface area contributed by atoms with E-state index >= 15 is 0 Å². The molecule has 0 aliphatic heterocycles. The van der Waals surface area contributed by atoms with Crippen LogP contribution in [0, 0.1) is 6.92 Å². The van der Waals surface area contributed by atoms with Crippen molar-refractivity contribution in [3.63, 3.8) is 0 Å². The van der Waals surface area contributed by atoms with Crippen LogP contribution in [-0.4, -0.2) is 12.5 Å². The second kappa shape index (κ2) is 3.61. The van der Waals surface area contributed by atoms with E-state index in [1.165, 1.54) is 28.5 Å². The number of rotatable bonds is 1. The van der Waals surface area contributed by atoms with Gasteiger partial charge in [-0.15, -0.1) is 11.3 Å². The Balaban J connectivity index is 2.54. The van der Waals surface area contributed by atoms with Gasteiger partial charge in [0.2, 0.25) is 0 Å². The summed E-state index contributed by atoms with van der Waals surface area (Å²) >= 11 is 1.73. The third-order valence-electron chi connectivity index (χ3n) is 2.79. The number of fused-ring (bicyclic) bond motifs is 3. The van der Waals surface area contributed by atoms with Crippen molar-refractivity contribution in [2.24, 2.45) is 0 Å². The molecule has 0 saturated heterocycles. The van der Waals surface area contributed by atoms with Gasteiger partial charge in [0, 0.05) is 20.2 Å². The fourth-order valence-electron chi connectivity index (χ4n) is 2.10. The first-order chi connectivity index (χ1) is 7.79. The molecule has 1 nitrogen and oxygen atoms in total. The molecule has 0 aliphatic rings. The van der Waals surface area contributed by atoms with Crippen LogP contribution in [0.1, 0.15) is 5.56 Å². The molecule has 1 heterocycles. The fraction of sp³-hybridized carbons (Fsp3) is 0.0769. The molecule has 0 unspecified atom stereocenters. The lowest BCUT2D eigenvalue weighted by molar-refractivity contribution is 0.616. The van der Waals surface area contributed by atoms with Gasteiger partial charge >= 0.3 is 7.48 Å². The van der Waals surface area contributed by atoms with Gasteiger partial charge in [-0.3, -0.25) is 0 Å². The van der Waals surface area contributed by atoms with Crippen LogP contribution in [0.15, 0.2) is 36.4 Å². The maximum absolute atomic E-state index is 9.27. The molecular formula is C13H10BOS. The van der Waals surface area contributed by atoms with Gasteiger partial charge in [-0.05, 0) is 18.5 Å². The SMILES string of the molecule is Cc1cc([B]O)c2sc3ccccc3c2c1. The molecule has 3 aromatic rings. The van der Waals surface area contributed by atoms with E-state index in [4.69, 9.17) is 0 Å². The number of benzene rings is 2. The average molecular weight is 225 g/mol. The summed E-state index contributed by atoms with van der Waals surface area (Å²) in [4.78, 5) is 0. The summed E-state index contributed by atoms with van der Waals surface area (Å²) in [5.74, 6) is 0. The monoisotopic (exact) mass is 225 g/mol. The van der Waals surface area contributed by atoms with Crippen LogP contribution in [0.4, 0.5) is 0 Å².